The summed E-state index contributed by atoms with van der Waals surface area (Å²) < 4.78 is 5.13. The van der Waals surface area contributed by atoms with Gasteiger partial charge in [-0.05, 0) is 36.2 Å². The minimum Gasteiger partial charge on any atom is -0.497 e. The molecule has 1 aromatic heterocycles. The third-order valence-electron chi connectivity index (χ3n) is 3.63. The molecule has 128 valence electrons. The van der Waals surface area contributed by atoms with Crippen molar-refractivity contribution >= 4 is 22.4 Å². The maximum Gasteiger partial charge on any atom is 0.243 e. The molecule has 1 atom stereocenters. The Morgan fingerprint density at radius 1 is 1.16 bits per heavy atom. The minimum absolute atomic E-state index is 0.277. The first-order valence-electron chi connectivity index (χ1n) is 7.74. The predicted molar refractivity (Wildman–Crippen MR) is 98.6 cm³/mol. The second kappa shape index (κ2) is 7.87. The van der Waals surface area contributed by atoms with Gasteiger partial charge in [0.1, 0.15) is 10.8 Å². The van der Waals surface area contributed by atoms with Crippen molar-refractivity contribution in [2.75, 3.05) is 12.4 Å². The number of hydrogen-bond donors (Lipinski definition) is 2. The third kappa shape index (κ3) is 4.40. The molecule has 6 nitrogen and oxygen atoms in total. The summed E-state index contributed by atoms with van der Waals surface area (Å²) in [6.07, 6.45) is 0.469. The van der Waals surface area contributed by atoms with Crippen molar-refractivity contribution in [3.8, 4) is 16.3 Å². The Morgan fingerprint density at radius 2 is 1.88 bits per heavy atom. The fourth-order valence-electron chi connectivity index (χ4n) is 2.28. The van der Waals surface area contributed by atoms with Gasteiger partial charge in [-0.3, -0.25) is 10.1 Å². The summed E-state index contributed by atoms with van der Waals surface area (Å²) in [6, 6.07) is 16.5. The zero-order valence-electron chi connectivity index (χ0n) is 13.7. The summed E-state index contributed by atoms with van der Waals surface area (Å²) in [6.45, 7) is 0. The van der Waals surface area contributed by atoms with Gasteiger partial charge in [0, 0.05) is 5.56 Å². The number of ether oxygens (including phenoxy) is 1. The highest BCUT2D eigenvalue weighted by Crippen LogP contribution is 2.27. The molecule has 0 unspecified atom stereocenters. The fourth-order valence-corrected chi connectivity index (χ4v) is 3.03. The van der Waals surface area contributed by atoms with E-state index in [0.717, 1.165) is 21.9 Å². The molecule has 0 aliphatic heterocycles. The Bertz CT molecular complexity index is 834. The van der Waals surface area contributed by atoms with E-state index >= 15 is 0 Å². The van der Waals surface area contributed by atoms with Gasteiger partial charge in [0.25, 0.3) is 0 Å². The van der Waals surface area contributed by atoms with Gasteiger partial charge >= 0.3 is 0 Å². The second-order valence-corrected chi connectivity index (χ2v) is 6.40. The maximum atomic E-state index is 12.2. The first-order chi connectivity index (χ1) is 12.2. The largest absolute Gasteiger partial charge is 0.497 e. The van der Waals surface area contributed by atoms with E-state index in [4.69, 9.17) is 10.5 Å². The minimum atomic E-state index is -0.643. The molecule has 0 saturated carbocycles. The number of aromatic nitrogens is 2. The first kappa shape index (κ1) is 17.1. The van der Waals surface area contributed by atoms with Gasteiger partial charge in [-0.15, -0.1) is 10.2 Å². The fraction of sp³-hybridized carbons (Fsp3) is 0.167. The summed E-state index contributed by atoms with van der Waals surface area (Å²) >= 11 is 1.30. The highest BCUT2D eigenvalue weighted by Gasteiger charge is 2.16. The monoisotopic (exact) mass is 354 g/mol. The molecular weight excluding hydrogens is 336 g/mol. The van der Waals surface area contributed by atoms with Crippen LogP contribution in [0.25, 0.3) is 10.6 Å². The average molecular weight is 354 g/mol. The maximum absolute atomic E-state index is 12.2. The molecule has 0 bridgehead atoms. The van der Waals surface area contributed by atoms with E-state index in [0.29, 0.717) is 11.6 Å². The summed E-state index contributed by atoms with van der Waals surface area (Å²) in [5.74, 6) is 0.495. The van der Waals surface area contributed by atoms with E-state index < -0.39 is 6.04 Å². The highest BCUT2D eigenvalue weighted by molar-refractivity contribution is 7.18. The number of hydrogen-bond acceptors (Lipinski definition) is 6. The molecule has 25 heavy (non-hydrogen) atoms. The van der Waals surface area contributed by atoms with Crippen LogP contribution in [0.15, 0.2) is 54.6 Å². The topological polar surface area (TPSA) is 90.1 Å². The molecule has 3 aromatic rings. The van der Waals surface area contributed by atoms with Crippen molar-refractivity contribution in [2.24, 2.45) is 5.73 Å². The normalized spacial score (nSPS) is 11.8. The Balaban J connectivity index is 1.63. The lowest BCUT2D eigenvalue weighted by Gasteiger charge is -2.10. The number of nitrogens with one attached hydrogen (secondary N) is 1. The van der Waals surface area contributed by atoms with Gasteiger partial charge in [0.05, 0.1) is 13.2 Å². The quantitative estimate of drug-likeness (QED) is 0.710. The lowest BCUT2D eigenvalue weighted by molar-refractivity contribution is -0.117. The van der Waals surface area contributed by atoms with E-state index in [1.807, 2.05) is 54.6 Å². The molecular formula is C18H18N4O2S. The third-order valence-corrected chi connectivity index (χ3v) is 4.52. The van der Waals surface area contributed by atoms with Crippen LogP contribution in [0, 0.1) is 0 Å². The second-order valence-electron chi connectivity index (χ2n) is 5.43. The van der Waals surface area contributed by atoms with Crippen molar-refractivity contribution in [3.63, 3.8) is 0 Å². The number of rotatable bonds is 6. The van der Waals surface area contributed by atoms with Crippen LogP contribution < -0.4 is 15.8 Å². The number of carbonyl (C=O) groups is 1. The average Bonchev–Trinajstić information content (AvgIpc) is 3.11. The summed E-state index contributed by atoms with van der Waals surface area (Å²) in [5.41, 5.74) is 7.90. The van der Waals surface area contributed by atoms with Gasteiger partial charge in [0.2, 0.25) is 11.0 Å². The Morgan fingerprint density at radius 3 is 2.56 bits per heavy atom. The molecule has 1 heterocycles. The van der Waals surface area contributed by atoms with Crippen LogP contribution in [0.3, 0.4) is 0 Å². The summed E-state index contributed by atoms with van der Waals surface area (Å²) in [5, 5.41) is 12.0. The molecule has 7 heteroatoms. The van der Waals surface area contributed by atoms with Crippen molar-refractivity contribution in [1.29, 1.82) is 0 Å². The molecule has 3 N–H and O–H groups in total. The molecule has 0 fully saturated rings. The van der Waals surface area contributed by atoms with Crippen molar-refractivity contribution in [3.05, 3.63) is 60.2 Å². The SMILES string of the molecule is COc1ccc(-c2nnc(NC(=O)[C@H](N)Cc3ccccc3)s2)cc1. The van der Waals surface area contributed by atoms with E-state index in [2.05, 4.69) is 15.5 Å². The lowest BCUT2D eigenvalue weighted by atomic mass is 10.1. The highest BCUT2D eigenvalue weighted by atomic mass is 32.1. The number of anilines is 1. The first-order valence-corrected chi connectivity index (χ1v) is 8.55. The molecule has 0 spiro atoms. The van der Waals surface area contributed by atoms with Gasteiger partial charge in [-0.25, -0.2) is 0 Å². The molecule has 2 aromatic carbocycles. The number of benzene rings is 2. The van der Waals surface area contributed by atoms with E-state index in [1.165, 1.54) is 11.3 Å². The summed E-state index contributed by atoms with van der Waals surface area (Å²) in [4.78, 5) is 12.2. The Kier molecular flexibility index (Phi) is 5.37. The Hall–Kier alpha value is -2.77. The molecule has 0 radical (unpaired) electrons. The van der Waals surface area contributed by atoms with E-state index in [-0.39, 0.29) is 5.91 Å². The van der Waals surface area contributed by atoms with Crippen LogP contribution in [0.1, 0.15) is 5.56 Å². The number of carbonyl (C=O) groups excluding carboxylic acids is 1. The van der Waals surface area contributed by atoms with Crippen molar-refractivity contribution in [1.82, 2.24) is 10.2 Å². The van der Waals surface area contributed by atoms with Gasteiger partial charge in [-0.1, -0.05) is 41.7 Å². The standard InChI is InChI=1S/C18H18N4O2S/c1-24-14-9-7-13(8-10-14)17-21-22-18(25-17)20-16(23)15(19)11-12-5-3-2-4-6-12/h2-10,15H,11,19H2,1H3,(H,20,22,23)/t15-/m1/s1. The van der Waals surface area contributed by atoms with Crippen LogP contribution >= 0.6 is 11.3 Å². The predicted octanol–water partition coefficient (Wildman–Crippen LogP) is 2.72. The van der Waals surface area contributed by atoms with E-state index in [1.54, 1.807) is 7.11 Å². The van der Waals surface area contributed by atoms with E-state index in [9.17, 15) is 4.79 Å². The zero-order valence-corrected chi connectivity index (χ0v) is 14.5. The van der Waals surface area contributed by atoms with Gasteiger partial charge in [-0.2, -0.15) is 0 Å². The molecule has 0 aliphatic carbocycles. The lowest BCUT2D eigenvalue weighted by Crippen LogP contribution is -2.37. The van der Waals surface area contributed by atoms with Crippen LogP contribution in [0.2, 0.25) is 0 Å². The number of nitrogens with two attached hydrogens (primary N) is 1. The molecule has 1 amide bonds. The van der Waals surface area contributed by atoms with Crippen LogP contribution in [0.5, 0.6) is 5.75 Å². The number of methoxy groups -OCH3 is 1. The van der Waals surface area contributed by atoms with Crippen molar-refractivity contribution < 1.29 is 9.53 Å². The van der Waals surface area contributed by atoms with Crippen molar-refractivity contribution in [2.45, 2.75) is 12.5 Å². The summed E-state index contributed by atoms with van der Waals surface area (Å²) in [7, 11) is 1.62. The number of amides is 1. The molecule has 3 rings (SSSR count). The van der Waals surface area contributed by atoms with Gasteiger partial charge in [0.15, 0.2) is 0 Å². The zero-order chi connectivity index (χ0) is 17.6. The molecule has 0 aliphatic rings. The number of nitrogens with zero attached hydrogens (tertiary/aromatic N) is 2. The van der Waals surface area contributed by atoms with Crippen LogP contribution in [-0.4, -0.2) is 29.3 Å². The Labute approximate surface area is 149 Å². The van der Waals surface area contributed by atoms with Crippen LogP contribution in [-0.2, 0) is 11.2 Å². The molecule has 0 saturated heterocycles. The smallest absolute Gasteiger partial charge is 0.243 e. The van der Waals surface area contributed by atoms with Gasteiger partial charge < -0.3 is 10.5 Å². The van der Waals surface area contributed by atoms with Crippen LogP contribution in [0.4, 0.5) is 5.13 Å².